The standard InChI is InChI=1S/C24H29N7S.C2HF3O2/c1-17(2)21-15-27-24-23(29-22(16-30(21)24)32-19-8-5-10-25-14-19)26-13-18-7-3-4-9-20(18)31-12-6-11-28-31;3-2(4,5)1(6)7/h3-4,6-7,9,11-12,15-17,19,25H,5,8,10,13-14H2,1-2H3,(H,26,29);(H,6,7). The van der Waals surface area contributed by atoms with Gasteiger partial charge >= 0.3 is 12.1 Å². The number of aromatic nitrogens is 5. The quantitative estimate of drug-likeness (QED) is 0.285. The monoisotopic (exact) mass is 561 g/mol. The molecule has 208 valence electrons. The minimum absolute atomic E-state index is 0.384. The first kappa shape index (κ1) is 28.4. The number of fused-ring (bicyclic) bond motifs is 1. The molecular weight excluding hydrogens is 531 g/mol. The van der Waals surface area contributed by atoms with E-state index in [0.29, 0.717) is 17.7 Å². The van der Waals surface area contributed by atoms with Crippen LogP contribution < -0.4 is 10.6 Å². The number of thioether (sulfide) groups is 1. The van der Waals surface area contributed by atoms with Crippen LogP contribution in [0, 0.1) is 0 Å². The van der Waals surface area contributed by atoms with E-state index in [4.69, 9.17) is 19.9 Å². The summed E-state index contributed by atoms with van der Waals surface area (Å²) < 4.78 is 35.8. The summed E-state index contributed by atoms with van der Waals surface area (Å²) in [7, 11) is 0. The van der Waals surface area contributed by atoms with Crippen LogP contribution in [-0.2, 0) is 11.3 Å². The van der Waals surface area contributed by atoms with Crippen LogP contribution in [0.15, 0.2) is 60.1 Å². The first-order valence-electron chi connectivity index (χ1n) is 12.5. The van der Waals surface area contributed by atoms with Crippen LogP contribution in [0.2, 0.25) is 0 Å². The van der Waals surface area contributed by atoms with Crippen LogP contribution in [-0.4, -0.2) is 59.7 Å². The number of hydrogen-bond acceptors (Lipinski definition) is 7. The van der Waals surface area contributed by atoms with Crippen LogP contribution in [0.1, 0.15) is 43.9 Å². The van der Waals surface area contributed by atoms with Gasteiger partial charge in [-0.1, -0.05) is 32.0 Å². The molecule has 1 aliphatic rings. The Hall–Kier alpha value is -3.58. The Bertz CT molecular complexity index is 1380. The predicted octanol–water partition coefficient (Wildman–Crippen LogP) is 5.13. The fourth-order valence-electron chi connectivity index (χ4n) is 4.15. The highest BCUT2D eigenvalue weighted by atomic mass is 32.2. The molecule has 0 saturated carbocycles. The third-order valence-electron chi connectivity index (χ3n) is 6.06. The van der Waals surface area contributed by atoms with Gasteiger partial charge in [0.15, 0.2) is 11.5 Å². The molecule has 0 spiro atoms. The number of piperidine rings is 1. The van der Waals surface area contributed by atoms with Crippen molar-refractivity contribution < 1.29 is 23.1 Å². The summed E-state index contributed by atoms with van der Waals surface area (Å²) in [6.45, 7) is 7.20. The van der Waals surface area contributed by atoms with E-state index >= 15 is 0 Å². The molecule has 0 bridgehead atoms. The molecule has 4 heterocycles. The van der Waals surface area contributed by atoms with Crippen LogP contribution in [0.25, 0.3) is 11.3 Å². The average molecular weight is 562 g/mol. The smallest absolute Gasteiger partial charge is 0.475 e. The van der Waals surface area contributed by atoms with Gasteiger partial charge in [0.2, 0.25) is 0 Å². The van der Waals surface area contributed by atoms with E-state index in [0.717, 1.165) is 40.8 Å². The topological polar surface area (TPSA) is 109 Å². The summed E-state index contributed by atoms with van der Waals surface area (Å²) >= 11 is 1.86. The number of alkyl halides is 3. The Morgan fingerprint density at radius 1 is 1.28 bits per heavy atom. The lowest BCUT2D eigenvalue weighted by Crippen LogP contribution is -2.31. The van der Waals surface area contributed by atoms with E-state index < -0.39 is 12.1 Å². The Morgan fingerprint density at radius 3 is 2.69 bits per heavy atom. The molecule has 1 aromatic carbocycles. The number of hydrogen-bond donors (Lipinski definition) is 3. The van der Waals surface area contributed by atoms with Crippen molar-refractivity contribution in [1.29, 1.82) is 0 Å². The van der Waals surface area contributed by atoms with E-state index in [1.165, 1.54) is 18.5 Å². The molecule has 3 N–H and O–H groups in total. The number of anilines is 1. The average Bonchev–Trinajstić information content (AvgIpc) is 3.59. The van der Waals surface area contributed by atoms with Gasteiger partial charge in [-0.2, -0.15) is 18.3 Å². The summed E-state index contributed by atoms with van der Waals surface area (Å²) in [5.41, 5.74) is 4.29. The maximum absolute atomic E-state index is 10.6. The minimum Gasteiger partial charge on any atom is -0.475 e. The van der Waals surface area contributed by atoms with Crippen LogP contribution in [0.3, 0.4) is 0 Å². The number of carboxylic acid groups (broad SMARTS) is 1. The zero-order chi connectivity index (χ0) is 28.0. The number of nitrogens with zero attached hydrogens (tertiary/aromatic N) is 5. The SMILES string of the molecule is CC(C)c1cnc2c(NCc3ccccc3-n3cccn3)nc(SC3CCCNC3)cn12.O=C(O)C(F)(F)F. The summed E-state index contributed by atoms with van der Waals surface area (Å²) in [6, 6.07) is 10.2. The van der Waals surface area contributed by atoms with Crippen molar-refractivity contribution in [2.24, 2.45) is 0 Å². The molecule has 39 heavy (non-hydrogen) atoms. The van der Waals surface area contributed by atoms with Gasteiger partial charge < -0.3 is 15.7 Å². The van der Waals surface area contributed by atoms with Crippen LogP contribution in [0.4, 0.5) is 19.0 Å². The highest BCUT2D eigenvalue weighted by molar-refractivity contribution is 7.99. The third kappa shape index (κ3) is 7.30. The van der Waals surface area contributed by atoms with Gasteiger partial charge in [0.25, 0.3) is 0 Å². The van der Waals surface area contributed by atoms with Crippen molar-refractivity contribution in [3.05, 3.63) is 66.4 Å². The maximum atomic E-state index is 10.6. The Morgan fingerprint density at radius 2 is 2.05 bits per heavy atom. The van der Waals surface area contributed by atoms with E-state index in [9.17, 15) is 13.2 Å². The molecule has 0 amide bonds. The highest BCUT2D eigenvalue weighted by Gasteiger charge is 2.38. The van der Waals surface area contributed by atoms with Crippen molar-refractivity contribution >= 4 is 29.2 Å². The largest absolute Gasteiger partial charge is 0.490 e. The van der Waals surface area contributed by atoms with Crippen LogP contribution >= 0.6 is 11.8 Å². The molecule has 4 aromatic rings. The van der Waals surface area contributed by atoms with Gasteiger partial charge in [-0.15, -0.1) is 11.8 Å². The number of rotatable bonds is 7. The number of para-hydroxylation sites is 1. The van der Waals surface area contributed by atoms with E-state index in [1.807, 2.05) is 41.0 Å². The molecular formula is C26H30F3N7O2S. The number of aliphatic carboxylic acids is 1. The zero-order valence-electron chi connectivity index (χ0n) is 21.5. The van der Waals surface area contributed by atoms with Crippen molar-refractivity contribution in [3.8, 4) is 5.69 Å². The summed E-state index contributed by atoms with van der Waals surface area (Å²) in [6.07, 6.45) is 5.25. The van der Waals surface area contributed by atoms with Crippen molar-refractivity contribution in [2.45, 2.75) is 55.6 Å². The number of carbonyl (C=O) groups is 1. The van der Waals surface area contributed by atoms with Gasteiger partial charge in [-0.05, 0) is 43.0 Å². The first-order chi connectivity index (χ1) is 18.6. The van der Waals surface area contributed by atoms with E-state index in [1.54, 1.807) is 6.20 Å². The fraction of sp³-hybridized carbons (Fsp3) is 0.385. The first-order valence-corrected chi connectivity index (χ1v) is 13.4. The molecule has 1 aliphatic heterocycles. The normalized spacial score (nSPS) is 15.7. The molecule has 0 radical (unpaired) electrons. The summed E-state index contributed by atoms with van der Waals surface area (Å²) in [5.74, 6) is -1.55. The molecule has 5 rings (SSSR count). The lowest BCUT2D eigenvalue weighted by Gasteiger charge is -2.22. The van der Waals surface area contributed by atoms with Crippen molar-refractivity contribution in [3.63, 3.8) is 0 Å². The van der Waals surface area contributed by atoms with E-state index in [2.05, 4.69) is 58.4 Å². The lowest BCUT2D eigenvalue weighted by atomic mass is 10.1. The molecule has 1 atom stereocenters. The molecule has 1 saturated heterocycles. The third-order valence-corrected chi connectivity index (χ3v) is 7.23. The summed E-state index contributed by atoms with van der Waals surface area (Å²) in [4.78, 5) is 18.6. The number of nitrogens with one attached hydrogen (secondary N) is 2. The van der Waals surface area contributed by atoms with Gasteiger partial charge in [-0.25, -0.2) is 19.4 Å². The second-order valence-corrected chi connectivity index (χ2v) is 10.6. The number of carboxylic acids is 1. The lowest BCUT2D eigenvalue weighted by molar-refractivity contribution is -0.192. The molecule has 1 fully saturated rings. The molecule has 1 unspecified atom stereocenters. The number of imidazole rings is 1. The van der Waals surface area contributed by atoms with Gasteiger partial charge in [0.05, 0.1) is 5.69 Å². The van der Waals surface area contributed by atoms with Crippen molar-refractivity contribution in [2.75, 3.05) is 18.4 Å². The zero-order valence-corrected chi connectivity index (χ0v) is 22.3. The predicted molar refractivity (Wildman–Crippen MR) is 143 cm³/mol. The fourth-order valence-corrected chi connectivity index (χ4v) is 5.29. The maximum Gasteiger partial charge on any atom is 0.490 e. The molecule has 9 nitrogen and oxygen atoms in total. The van der Waals surface area contributed by atoms with Gasteiger partial charge in [0, 0.05) is 48.8 Å². The molecule has 3 aromatic heterocycles. The van der Waals surface area contributed by atoms with Crippen LogP contribution in [0.5, 0.6) is 0 Å². The number of halogens is 3. The second kappa shape index (κ2) is 12.5. The number of benzene rings is 1. The van der Waals surface area contributed by atoms with E-state index in [-0.39, 0.29) is 0 Å². The van der Waals surface area contributed by atoms with Gasteiger partial charge in [0.1, 0.15) is 5.03 Å². The minimum atomic E-state index is -5.08. The molecule has 0 aliphatic carbocycles. The Balaban J connectivity index is 0.000000448. The second-order valence-electron chi connectivity index (χ2n) is 9.28. The van der Waals surface area contributed by atoms with Gasteiger partial charge in [-0.3, -0.25) is 4.40 Å². The van der Waals surface area contributed by atoms with Crippen molar-refractivity contribution in [1.82, 2.24) is 29.5 Å². The molecule has 13 heteroatoms. The highest BCUT2D eigenvalue weighted by Crippen LogP contribution is 2.30. The Labute approximate surface area is 227 Å². The Kier molecular flexibility index (Phi) is 9.12. The summed E-state index contributed by atoms with van der Waals surface area (Å²) in [5, 5.41) is 20.2.